The molecule has 0 amide bonds. The highest BCUT2D eigenvalue weighted by atomic mass is 16.5. The number of aliphatic hydroxyl groups is 1. The Kier molecular flexibility index (Phi) is 5.22. The standard InChI is InChI=1S/C13H27NO2/c1-10(2)7-11(9-14)12(15)8-13(16-3)5-4-6-13/h10-12,15H,4-9,14H2,1-3H3. The third kappa shape index (κ3) is 3.44. The molecule has 3 heteroatoms. The lowest BCUT2D eigenvalue weighted by molar-refractivity contribution is -0.107. The second kappa shape index (κ2) is 5.99. The number of hydrogen-bond acceptors (Lipinski definition) is 3. The fourth-order valence-corrected chi connectivity index (χ4v) is 2.63. The summed E-state index contributed by atoms with van der Waals surface area (Å²) >= 11 is 0. The van der Waals surface area contributed by atoms with Crippen molar-refractivity contribution in [2.75, 3.05) is 13.7 Å². The van der Waals surface area contributed by atoms with Gasteiger partial charge in [-0.25, -0.2) is 0 Å². The summed E-state index contributed by atoms with van der Waals surface area (Å²) in [6.07, 6.45) is 4.82. The molecule has 0 saturated heterocycles. The minimum Gasteiger partial charge on any atom is -0.393 e. The smallest absolute Gasteiger partial charge is 0.0703 e. The average molecular weight is 229 g/mol. The fraction of sp³-hybridized carbons (Fsp3) is 1.00. The van der Waals surface area contributed by atoms with Crippen LogP contribution < -0.4 is 5.73 Å². The highest BCUT2D eigenvalue weighted by Crippen LogP contribution is 2.40. The van der Waals surface area contributed by atoms with Gasteiger partial charge in [0, 0.05) is 13.5 Å². The first-order valence-electron chi connectivity index (χ1n) is 6.46. The van der Waals surface area contributed by atoms with Gasteiger partial charge in [-0.15, -0.1) is 0 Å². The van der Waals surface area contributed by atoms with E-state index >= 15 is 0 Å². The van der Waals surface area contributed by atoms with Gasteiger partial charge in [0.1, 0.15) is 0 Å². The van der Waals surface area contributed by atoms with Crippen LogP contribution in [0.25, 0.3) is 0 Å². The first kappa shape index (κ1) is 13.9. The molecule has 1 fully saturated rings. The first-order valence-corrected chi connectivity index (χ1v) is 6.46. The molecule has 0 aromatic rings. The van der Waals surface area contributed by atoms with Gasteiger partial charge in [-0.3, -0.25) is 0 Å². The molecule has 96 valence electrons. The van der Waals surface area contributed by atoms with Crippen LogP contribution in [-0.4, -0.2) is 30.5 Å². The van der Waals surface area contributed by atoms with Crippen LogP contribution in [0, 0.1) is 11.8 Å². The Morgan fingerprint density at radius 2 is 2.00 bits per heavy atom. The van der Waals surface area contributed by atoms with E-state index in [1.54, 1.807) is 7.11 Å². The maximum atomic E-state index is 10.2. The predicted octanol–water partition coefficient (Wildman–Crippen LogP) is 1.93. The summed E-state index contributed by atoms with van der Waals surface area (Å²) in [6.45, 7) is 4.91. The number of aliphatic hydroxyl groups excluding tert-OH is 1. The van der Waals surface area contributed by atoms with Crippen molar-refractivity contribution in [1.29, 1.82) is 0 Å². The molecule has 1 rings (SSSR count). The summed E-state index contributed by atoms with van der Waals surface area (Å²) in [5.41, 5.74) is 5.69. The summed E-state index contributed by atoms with van der Waals surface area (Å²) in [6, 6.07) is 0. The third-order valence-electron chi connectivity index (χ3n) is 3.90. The number of hydrogen-bond donors (Lipinski definition) is 2. The zero-order valence-corrected chi connectivity index (χ0v) is 10.9. The molecule has 0 bridgehead atoms. The summed E-state index contributed by atoms with van der Waals surface area (Å²) in [4.78, 5) is 0. The van der Waals surface area contributed by atoms with Gasteiger partial charge in [0.15, 0.2) is 0 Å². The van der Waals surface area contributed by atoms with Crippen LogP contribution in [0.15, 0.2) is 0 Å². The van der Waals surface area contributed by atoms with Gasteiger partial charge < -0.3 is 15.6 Å². The second-order valence-corrected chi connectivity index (χ2v) is 5.64. The lowest BCUT2D eigenvalue weighted by atomic mass is 9.73. The third-order valence-corrected chi connectivity index (χ3v) is 3.90. The summed E-state index contributed by atoms with van der Waals surface area (Å²) in [5.74, 6) is 0.802. The lowest BCUT2D eigenvalue weighted by Gasteiger charge is -2.43. The molecule has 3 N–H and O–H groups in total. The van der Waals surface area contributed by atoms with Crippen molar-refractivity contribution in [3.8, 4) is 0 Å². The summed E-state index contributed by atoms with van der Waals surface area (Å²) < 4.78 is 5.54. The molecular formula is C13H27NO2. The van der Waals surface area contributed by atoms with Gasteiger partial charge in [-0.2, -0.15) is 0 Å². The normalized spacial score (nSPS) is 22.9. The number of rotatable bonds is 7. The predicted molar refractivity (Wildman–Crippen MR) is 66.2 cm³/mol. The van der Waals surface area contributed by atoms with Crippen molar-refractivity contribution in [3.05, 3.63) is 0 Å². The van der Waals surface area contributed by atoms with Gasteiger partial charge in [0.2, 0.25) is 0 Å². The van der Waals surface area contributed by atoms with Gasteiger partial charge in [0.05, 0.1) is 11.7 Å². The first-order chi connectivity index (χ1) is 7.53. The van der Waals surface area contributed by atoms with E-state index in [-0.39, 0.29) is 17.6 Å². The molecule has 0 heterocycles. The Hall–Kier alpha value is -0.120. The molecule has 16 heavy (non-hydrogen) atoms. The van der Waals surface area contributed by atoms with Crippen LogP contribution in [0.1, 0.15) is 46.0 Å². The van der Waals surface area contributed by atoms with Crippen molar-refractivity contribution in [2.24, 2.45) is 17.6 Å². The molecule has 1 aliphatic carbocycles. The van der Waals surface area contributed by atoms with E-state index in [0.29, 0.717) is 12.5 Å². The van der Waals surface area contributed by atoms with E-state index in [2.05, 4.69) is 13.8 Å². The van der Waals surface area contributed by atoms with Gasteiger partial charge in [-0.05, 0) is 44.1 Å². The Morgan fingerprint density at radius 3 is 2.31 bits per heavy atom. The van der Waals surface area contributed by atoms with Crippen LogP contribution >= 0.6 is 0 Å². The Balaban J connectivity index is 2.44. The molecule has 2 unspecified atom stereocenters. The average Bonchev–Trinajstić information content (AvgIpc) is 2.19. The molecule has 0 spiro atoms. The molecule has 0 aromatic carbocycles. The van der Waals surface area contributed by atoms with E-state index in [1.807, 2.05) is 0 Å². The molecule has 0 radical (unpaired) electrons. The Morgan fingerprint density at radius 1 is 1.38 bits per heavy atom. The quantitative estimate of drug-likeness (QED) is 0.701. The number of ether oxygens (including phenoxy) is 1. The van der Waals surface area contributed by atoms with Crippen LogP contribution in [0.4, 0.5) is 0 Å². The van der Waals surface area contributed by atoms with Gasteiger partial charge >= 0.3 is 0 Å². The maximum absolute atomic E-state index is 10.2. The monoisotopic (exact) mass is 229 g/mol. The molecular weight excluding hydrogens is 202 g/mol. The molecule has 1 aliphatic rings. The van der Waals surface area contributed by atoms with E-state index in [9.17, 15) is 5.11 Å². The highest BCUT2D eigenvalue weighted by Gasteiger charge is 2.40. The van der Waals surface area contributed by atoms with Crippen molar-refractivity contribution in [1.82, 2.24) is 0 Å². The van der Waals surface area contributed by atoms with E-state index in [0.717, 1.165) is 25.7 Å². The second-order valence-electron chi connectivity index (χ2n) is 5.64. The molecule has 2 atom stereocenters. The SMILES string of the molecule is COC1(CC(O)C(CN)CC(C)C)CCC1. The van der Waals surface area contributed by atoms with Crippen LogP contribution in [0.2, 0.25) is 0 Å². The van der Waals surface area contributed by atoms with Crippen molar-refractivity contribution < 1.29 is 9.84 Å². The van der Waals surface area contributed by atoms with Gasteiger partial charge in [-0.1, -0.05) is 13.8 Å². The minimum atomic E-state index is -0.312. The molecule has 1 saturated carbocycles. The summed E-state index contributed by atoms with van der Waals surface area (Å²) in [7, 11) is 1.76. The molecule has 0 aliphatic heterocycles. The topological polar surface area (TPSA) is 55.5 Å². The highest BCUT2D eigenvalue weighted by molar-refractivity contribution is 4.92. The van der Waals surface area contributed by atoms with Crippen molar-refractivity contribution in [2.45, 2.75) is 57.7 Å². The van der Waals surface area contributed by atoms with Gasteiger partial charge in [0.25, 0.3) is 0 Å². The van der Waals surface area contributed by atoms with E-state index in [1.165, 1.54) is 6.42 Å². The largest absolute Gasteiger partial charge is 0.393 e. The fourth-order valence-electron chi connectivity index (χ4n) is 2.63. The van der Waals surface area contributed by atoms with Crippen LogP contribution in [-0.2, 0) is 4.74 Å². The van der Waals surface area contributed by atoms with E-state index < -0.39 is 0 Å². The minimum absolute atomic E-state index is 0.0518. The van der Waals surface area contributed by atoms with Crippen LogP contribution in [0.3, 0.4) is 0 Å². The summed E-state index contributed by atoms with van der Waals surface area (Å²) in [5, 5.41) is 10.2. The molecule has 0 aromatic heterocycles. The van der Waals surface area contributed by atoms with E-state index in [4.69, 9.17) is 10.5 Å². The number of methoxy groups -OCH3 is 1. The Labute approximate surface area is 99.4 Å². The zero-order valence-electron chi connectivity index (χ0n) is 10.9. The Bertz CT molecular complexity index is 197. The van der Waals surface area contributed by atoms with Crippen LogP contribution in [0.5, 0.6) is 0 Å². The molecule has 3 nitrogen and oxygen atoms in total. The van der Waals surface area contributed by atoms with Crippen molar-refractivity contribution >= 4 is 0 Å². The lowest BCUT2D eigenvalue weighted by Crippen LogP contribution is -2.45. The zero-order chi connectivity index (χ0) is 12.2. The maximum Gasteiger partial charge on any atom is 0.0703 e. The van der Waals surface area contributed by atoms with Crippen molar-refractivity contribution in [3.63, 3.8) is 0 Å². The number of nitrogens with two attached hydrogens (primary N) is 1.